The minimum atomic E-state index is -0.0143. The lowest BCUT2D eigenvalue weighted by Gasteiger charge is -2.35. The van der Waals surface area contributed by atoms with E-state index in [1.165, 1.54) is 0 Å². The molecule has 0 aliphatic carbocycles. The van der Waals surface area contributed by atoms with Gasteiger partial charge >= 0.3 is 0 Å². The average molecular weight is 237 g/mol. The van der Waals surface area contributed by atoms with Gasteiger partial charge in [0.25, 0.3) is 0 Å². The van der Waals surface area contributed by atoms with Gasteiger partial charge < -0.3 is 20.5 Å². The zero-order chi connectivity index (χ0) is 12.3. The molecule has 5 heteroatoms. The van der Waals surface area contributed by atoms with Crippen LogP contribution in [0.2, 0.25) is 0 Å². The van der Waals surface area contributed by atoms with Gasteiger partial charge in [-0.1, -0.05) is 0 Å². The molecule has 0 spiro atoms. The van der Waals surface area contributed by atoms with E-state index < -0.39 is 0 Å². The molecule has 0 saturated carbocycles. The fourth-order valence-electron chi connectivity index (χ4n) is 1.98. The number of anilines is 1. The number of pyridine rings is 1. The summed E-state index contributed by atoms with van der Waals surface area (Å²) >= 11 is 0. The van der Waals surface area contributed by atoms with Crippen molar-refractivity contribution >= 4 is 5.82 Å². The second-order valence-electron chi connectivity index (χ2n) is 4.34. The van der Waals surface area contributed by atoms with Gasteiger partial charge in [0.1, 0.15) is 5.82 Å². The van der Waals surface area contributed by atoms with E-state index in [1.54, 1.807) is 6.20 Å². The van der Waals surface area contributed by atoms with Crippen LogP contribution in [-0.2, 0) is 4.74 Å². The van der Waals surface area contributed by atoms with Gasteiger partial charge in [0, 0.05) is 18.8 Å². The molecule has 0 bridgehead atoms. The van der Waals surface area contributed by atoms with Crippen molar-refractivity contribution in [2.45, 2.75) is 19.0 Å². The van der Waals surface area contributed by atoms with Crippen molar-refractivity contribution in [3.05, 3.63) is 23.9 Å². The summed E-state index contributed by atoms with van der Waals surface area (Å²) in [6, 6.07) is 3.88. The summed E-state index contributed by atoms with van der Waals surface area (Å²) in [6.07, 6.45) is 1.76. The first-order valence-corrected chi connectivity index (χ1v) is 5.89. The Hall–Kier alpha value is -1.17. The number of aliphatic hydroxyl groups excluding tert-OH is 1. The maximum absolute atomic E-state index is 9.33. The molecular formula is C12H19N3O2. The number of ether oxygens (including phenoxy) is 1. The number of hydrogen-bond acceptors (Lipinski definition) is 5. The van der Waals surface area contributed by atoms with Crippen LogP contribution in [0.4, 0.5) is 5.82 Å². The van der Waals surface area contributed by atoms with Crippen LogP contribution in [0.5, 0.6) is 0 Å². The van der Waals surface area contributed by atoms with E-state index >= 15 is 0 Å². The van der Waals surface area contributed by atoms with Crippen molar-refractivity contribution in [1.29, 1.82) is 0 Å². The normalized spacial score (nSPS) is 22.5. The molecule has 3 N–H and O–H groups in total. The van der Waals surface area contributed by atoms with Gasteiger partial charge in [0.2, 0.25) is 0 Å². The lowest BCUT2D eigenvalue weighted by atomic mass is 10.1. The summed E-state index contributed by atoms with van der Waals surface area (Å²) in [4.78, 5) is 6.43. The molecule has 0 amide bonds. The highest BCUT2D eigenvalue weighted by atomic mass is 16.5. The minimum Gasteiger partial charge on any atom is -0.394 e. The topological polar surface area (TPSA) is 71.6 Å². The molecule has 1 saturated heterocycles. The van der Waals surface area contributed by atoms with Crippen LogP contribution < -0.4 is 10.6 Å². The van der Waals surface area contributed by atoms with Crippen LogP contribution in [0.15, 0.2) is 18.3 Å². The Morgan fingerprint density at radius 2 is 2.53 bits per heavy atom. The van der Waals surface area contributed by atoms with E-state index in [9.17, 15) is 5.11 Å². The zero-order valence-corrected chi connectivity index (χ0v) is 10.0. The van der Waals surface area contributed by atoms with Crippen LogP contribution in [0, 0.1) is 0 Å². The van der Waals surface area contributed by atoms with Crippen molar-refractivity contribution in [3.63, 3.8) is 0 Å². The third-order valence-electron chi connectivity index (χ3n) is 3.03. The van der Waals surface area contributed by atoms with Crippen molar-refractivity contribution in [2.24, 2.45) is 5.73 Å². The largest absolute Gasteiger partial charge is 0.394 e. The smallest absolute Gasteiger partial charge is 0.129 e. The number of aromatic nitrogens is 1. The van der Waals surface area contributed by atoms with E-state index in [1.807, 2.05) is 19.1 Å². The average Bonchev–Trinajstić information content (AvgIpc) is 2.39. The summed E-state index contributed by atoms with van der Waals surface area (Å²) in [6.45, 7) is 3.98. The Kier molecular flexibility index (Phi) is 3.93. The predicted octanol–water partition coefficient (Wildman–Crippen LogP) is 0.299. The van der Waals surface area contributed by atoms with Gasteiger partial charge in [-0.25, -0.2) is 4.98 Å². The van der Waals surface area contributed by atoms with Crippen molar-refractivity contribution in [3.8, 4) is 0 Å². The SMILES string of the molecule is C[C@H](N)c1ccnc(N2CCOCC2CO)c1. The van der Waals surface area contributed by atoms with Crippen molar-refractivity contribution in [2.75, 3.05) is 31.3 Å². The lowest BCUT2D eigenvalue weighted by molar-refractivity contribution is 0.0723. The highest BCUT2D eigenvalue weighted by Crippen LogP contribution is 2.20. The molecule has 1 aromatic rings. The first-order chi connectivity index (χ1) is 8.22. The number of nitrogens with two attached hydrogens (primary N) is 1. The zero-order valence-electron chi connectivity index (χ0n) is 10.0. The molecule has 2 atom stereocenters. The van der Waals surface area contributed by atoms with Gasteiger partial charge in [-0.3, -0.25) is 0 Å². The quantitative estimate of drug-likeness (QED) is 0.791. The van der Waals surface area contributed by atoms with Gasteiger partial charge in [-0.2, -0.15) is 0 Å². The van der Waals surface area contributed by atoms with Crippen molar-refractivity contribution in [1.82, 2.24) is 4.98 Å². The molecule has 17 heavy (non-hydrogen) atoms. The molecule has 1 aromatic heterocycles. The third-order valence-corrected chi connectivity index (χ3v) is 3.03. The Morgan fingerprint density at radius 1 is 1.71 bits per heavy atom. The van der Waals surface area contributed by atoms with Crippen LogP contribution in [-0.4, -0.2) is 42.5 Å². The summed E-state index contributed by atoms with van der Waals surface area (Å²) < 4.78 is 5.35. The fourth-order valence-corrected chi connectivity index (χ4v) is 1.98. The molecule has 1 aliphatic rings. The molecule has 1 fully saturated rings. The maximum Gasteiger partial charge on any atom is 0.129 e. The summed E-state index contributed by atoms with van der Waals surface area (Å²) in [5.74, 6) is 0.863. The standard InChI is InChI=1S/C12H19N3O2/c1-9(13)10-2-3-14-12(6-10)15-4-5-17-8-11(15)7-16/h2-3,6,9,11,16H,4-5,7-8,13H2,1H3/t9-,11?/m0/s1. The molecule has 0 aromatic carbocycles. The van der Waals surface area contributed by atoms with Gasteiger partial charge in [-0.15, -0.1) is 0 Å². The molecule has 5 nitrogen and oxygen atoms in total. The van der Waals surface area contributed by atoms with E-state index in [0.29, 0.717) is 13.2 Å². The van der Waals surface area contributed by atoms with Crippen LogP contribution >= 0.6 is 0 Å². The molecule has 94 valence electrons. The number of nitrogens with zero attached hydrogens (tertiary/aromatic N) is 2. The summed E-state index contributed by atoms with van der Waals surface area (Å²) in [5, 5.41) is 9.33. The van der Waals surface area contributed by atoms with Crippen LogP contribution in [0.25, 0.3) is 0 Å². The fraction of sp³-hybridized carbons (Fsp3) is 0.583. The van der Waals surface area contributed by atoms with E-state index in [4.69, 9.17) is 10.5 Å². The Balaban J connectivity index is 2.22. The molecule has 1 aliphatic heterocycles. The molecule has 1 unspecified atom stereocenters. The number of rotatable bonds is 3. The maximum atomic E-state index is 9.33. The van der Waals surface area contributed by atoms with Crippen molar-refractivity contribution < 1.29 is 9.84 Å². The minimum absolute atomic E-state index is 0.00892. The highest BCUT2D eigenvalue weighted by Gasteiger charge is 2.23. The Labute approximate surface area is 101 Å². The Morgan fingerprint density at radius 3 is 3.24 bits per heavy atom. The third kappa shape index (κ3) is 2.74. The second kappa shape index (κ2) is 5.44. The summed E-state index contributed by atoms with van der Waals surface area (Å²) in [5.41, 5.74) is 6.91. The highest BCUT2D eigenvalue weighted by molar-refractivity contribution is 5.43. The summed E-state index contributed by atoms with van der Waals surface area (Å²) in [7, 11) is 0. The second-order valence-corrected chi connectivity index (χ2v) is 4.34. The van der Waals surface area contributed by atoms with E-state index in [2.05, 4.69) is 9.88 Å². The molecule has 2 rings (SSSR count). The van der Waals surface area contributed by atoms with Gasteiger partial charge in [0.15, 0.2) is 0 Å². The molecule has 2 heterocycles. The van der Waals surface area contributed by atoms with E-state index in [-0.39, 0.29) is 18.7 Å². The lowest BCUT2D eigenvalue weighted by Crippen LogP contribution is -2.48. The molecular weight excluding hydrogens is 218 g/mol. The van der Waals surface area contributed by atoms with Crippen LogP contribution in [0.3, 0.4) is 0 Å². The van der Waals surface area contributed by atoms with E-state index in [0.717, 1.165) is 17.9 Å². The number of morpholine rings is 1. The first kappa shape index (κ1) is 12.3. The molecule has 0 radical (unpaired) electrons. The van der Waals surface area contributed by atoms with Gasteiger partial charge in [0.05, 0.1) is 25.9 Å². The van der Waals surface area contributed by atoms with Crippen LogP contribution in [0.1, 0.15) is 18.5 Å². The first-order valence-electron chi connectivity index (χ1n) is 5.89. The number of hydrogen-bond donors (Lipinski definition) is 2. The number of aliphatic hydroxyl groups is 1. The monoisotopic (exact) mass is 237 g/mol. The van der Waals surface area contributed by atoms with Gasteiger partial charge in [-0.05, 0) is 24.6 Å². The predicted molar refractivity (Wildman–Crippen MR) is 65.9 cm³/mol. The Bertz CT molecular complexity index is 371.